The van der Waals surface area contributed by atoms with E-state index in [1.165, 1.54) is 19.3 Å². The van der Waals surface area contributed by atoms with Crippen LogP contribution in [0.4, 0.5) is 5.69 Å². The van der Waals surface area contributed by atoms with E-state index < -0.39 is 5.60 Å². The molecule has 0 saturated heterocycles. The second-order valence-corrected chi connectivity index (χ2v) is 12.9. The molecule has 6 nitrogen and oxygen atoms in total. The van der Waals surface area contributed by atoms with Gasteiger partial charge in [0.2, 0.25) is 5.91 Å². The Balaban J connectivity index is 1.38. The summed E-state index contributed by atoms with van der Waals surface area (Å²) in [6.07, 6.45) is 9.74. The van der Waals surface area contributed by atoms with Crippen molar-refractivity contribution in [1.29, 1.82) is 0 Å². The highest BCUT2D eigenvalue weighted by Crippen LogP contribution is 2.29. The predicted molar refractivity (Wildman–Crippen MR) is 174 cm³/mol. The maximum absolute atomic E-state index is 12.9. The zero-order chi connectivity index (χ0) is 30.4. The van der Waals surface area contributed by atoms with E-state index in [1.54, 1.807) is 0 Å². The predicted octanol–water partition coefficient (Wildman–Crippen LogP) is 8.96. The summed E-state index contributed by atoms with van der Waals surface area (Å²) in [5, 5.41) is 3.16. The van der Waals surface area contributed by atoms with Crippen LogP contribution in [0.15, 0.2) is 66.7 Å². The number of hydrogen-bond acceptors (Lipinski definition) is 4. The standard InChI is InChI=1S/C37H45N3O3/c1-5-6-16-34-39-32-22-21-29(38-35(41)23-26-12-8-7-9-13-26)24-33(32)40(34)25-27-17-19-28(20-18-27)30-14-10-11-15-31(30)36(42)43-37(2,3)4/h10-11,14-15,17-22,24,26H,5-9,12-13,16,23,25H2,1-4H3,(H,38,41). The number of unbranched alkanes of at least 4 members (excludes halogenated alkanes) is 1. The molecule has 0 atom stereocenters. The quantitative estimate of drug-likeness (QED) is 0.190. The van der Waals surface area contributed by atoms with Crippen LogP contribution in [0.3, 0.4) is 0 Å². The molecule has 5 rings (SSSR count). The first-order chi connectivity index (χ1) is 20.7. The number of imidazole rings is 1. The third-order valence-corrected chi connectivity index (χ3v) is 8.22. The maximum Gasteiger partial charge on any atom is 0.339 e. The summed E-state index contributed by atoms with van der Waals surface area (Å²) in [5.74, 6) is 1.34. The van der Waals surface area contributed by atoms with Gasteiger partial charge in [-0.05, 0) is 86.9 Å². The van der Waals surface area contributed by atoms with Gasteiger partial charge in [-0.2, -0.15) is 0 Å². The van der Waals surface area contributed by atoms with E-state index in [2.05, 4.69) is 47.1 Å². The highest BCUT2D eigenvalue weighted by Gasteiger charge is 2.21. The van der Waals surface area contributed by atoms with Crippen molar-refractivity contribution in [3.8, 4) is 11.1 Å². The molecule has 1 fully saturated rings. The number of carbonyl (C=O) groups is 2. The molecule has 1 aliphatic carbocycles. The van der Waals surface area contributed by atoms with Gasteiger partial charge in [-0.15, -0.1) is 0 Å². The Bertz CT molecular complexity index is 1560. The number of nitrogens with one attached hydrogen (secondary N) is 1. The van der Waals surface area contributed by atoms with E-state index in [9.17, 15) is 9.59 Å². The van der Waals surface area contributed by atoms with Gasteiger partial charge in [0.15, 0.2) is 0 Å². The van der Waals surface area contributed by atoms with Crippen LogP contribution < -0.4 is 5.32 Å². The van der Waals surface area contributed by atoms with Crippen LogP contribution in [-0.2, 0) is 22.5 Å². The van der Waals surface area contributed by atoms with Crippen LogP contribution in [0.25, 0.3) is 22.2 Å². The molecule has 0 unspecified atom stereocenters. The van der Waals surface area contributed by atoms with E-state index >= 15 is 0 Å². The molecule has 1 aromatic heterocycles. The number of fused-ring (bicyclic) bond motifs is 1. The molecule has 3 aromatic carbocycles. The zero-order valence-electron chi connectivity index (χ0n) is 26.1. The van der Waals surface area contributed by atoms with Crippen molar-refractivity contribution in [2.45, 2.75) is 97.6 Å². The van der Waals surface area contributed by atoms with Crippen LogP contribution in [0.5, 0.6) is 0 Å². The average Bonchev–Trinajstić information content (AvgIpc) is 3.32. The molecule has 0 radical (unpaired) electrons. The summed E-state index contributed by atoms with van der Waals surface area (Å²) < 4.78 is 7.95. The summed E-state index contributed by atoms with van der Waals surface area (Å²) in [4.78, 5) is 30.8. The molecule has 1 N–H and O–H groups in total. The summed E-state index contributed by atoms with van der Waals surface area (Å²) in [5.41, 5.74) is 5.76. The normalized spacial score (nSPS) is 14.1. The number of amides is 1. The first kappa shape index (κ1) is 30.5. The molecule has 0 spiro atoms. The van der Waals surface area contributed by atoms with Gasteiger partial charge in [-0.3, -0.25) is 4.79 Å². The first-order valence-corrected chi connectivity index (χ1v) is 15.9. The van der Waals surface area contributed by atoms with Gasteiger partial charge >= 0.3 is 5.97 Å². The number of hydrogen-bond donors (Lipinski definition) is 1. The number of benzene rings is 3. The monoisotopic (exact) mass is 579 g/mol. The van der Waals surface area contributed by atoms with Crippen molar-refractivity contribution in [2.24, 2.45) is 5.92 Å². The summed E-state index contributed by atoms with van der Waals surface area (Å²) in [7, 11) is 0. The third-order valence-electron chi connectivity index (χ3n) is 8.22. The van der Waals surface area contributed by atoms with Crippen molar-refractivity contribution in [3.63, 3.8) is 0 Å². The highest BCUT2D eigenvalue weighted by atomic mass is 16.6. The van der Waals surface area contributed by atoms with Gasteiger partial charge in [0, 0.05) is 25.1 Å². The van der Waals surface area contributed by atoms with Crippen LogP contribution in [-0.4, -0.2) is 27.0 Å². The van der Waals surface area contributed by atoms with Crippen molar-refractivity contribution < 1.29 is 14.3 Å². The number of esters is 1. The van der Waals surface area contributed by atoms with Gasteiger partial charge in [0.25, 0.3) is 0 Å². The number of anilines is 1. The molecular formula is C37H45N3O3. The lowest BCUT2D eigenvalue weighted by Crippen LogP contribution is -2.24. The fourth-order valence-electron chi connectivity index (χ4n) is 6.04. The van der Waals surface area contributed by atoms with Gasteiger partial charge in [-0.1, -0.05) is 75.1 Å². The lowest BCUT2D eigenvalue weighted by Gasteiger charge is -2.20. The molecule has 43 heavy (non-hydrogen) atoms. The largest absolute Gasteiger partial charge is 0.456 e. The van der Waals surface area contributed by atoms with E-state index in [0.717, 1.165) is 71.3 Å². The van der Waals surface area contributed by atoms with Gasteiger partial charge in [-0.25, -0.2) is 9.78 Å². The molecule has 0 bridgehead atoms. The second-order valence-electron chi connectivity index (χ2n) is 12.9. The minimum absolute atomic E-state index is 0.103. The zero-order valence-corrected chi connectivity index (χ0v) is 26.1. The minimum Gasteiger partial charge on any atom is -0.456 e. The molecule has 4 aromatic rings. The van der Waals surface area contributed by atoms with Crippen molar-refractivity contribution >= 4 is 28.6 Å². The Morgan fingerprint density at radius 2 is 1.72 bits per heavy atom. The lowest BCUT2D eigenvalue weighted by molar-refractivity contribution is -0.117. The smallest absolute Gasteiger partial charge is 0.339 e. The molecule has 1 amide bonds. The highest BCUT2D eigenvalue weighted by molar-refractivity contribution is 5.97. The van der Waals surface area contributed by atoms with Crippen molar-refractivity contribution in [1.82, 2.24) is 9.55 Å². The number of nitrogens with zero attached hydrogens (tertiary/aromatic N) is 2. The maximum atomic E-state index is 12.9. The van der Waals surface area contributed by atoms with Crippen LogP contribution in [0, 0.1) is 5.92 Å². The Morgan fingerprint density at radius 3 is 2.44 bits per heavy atom. The minimum atomic E-state index is -0.560. The number of ether oxygens (including phenoxy) is 1. The molecule has 6 heteroatoms. The summed E-state index contributed by atoms with van der Waals surface area (Å²) in [6.45, 7) is 8.51. The van der Waals surface area contributed by atoms with Gasteiger partial charge < -0.3 is 14.6 Å². The average molecular weight is 580 g/mol. The Hall–Kier alpha value is -3.93. The lowest BCUT2D eigenvalue weighted by atomic mass is 9.87. The van der Waals surface area contributed by atoms with Gasteiger partial charge in [0.05, 0.1) is 16.6 Å². The number of aromatic nitrogens is 2. The molecule has 1 heterocycles. The number of aryl methyl sites for hydroxylation is 1. The molecule has 1 saturated carbocycles. The van der Waals surface area contributed by atoms with E-state index in [0.29, 0.717) is 24.4 Å². The Morgan fingerprint density at radius 1 is 0.977 bits per heavy atom. The molecular weight excluding hydrogens is 534 g/mol. The topological polar surface area (TPSA) is 73.2 Å². The van der Waals surface area contributed by atoms with Crippen molar-refractivity contribution in [3.05, 3.63) is 83.7 Å². The van der Waals surface area contributed by atoms with Crippen LogP contribution in [0.1, 0.15) is 101 Å². The fraction of sp³-hybridized carbons (Fsp3) is 0.432. The third kappa shape index (κ3) is 7.92. The summed E-state index contributed by atoms with van der Waals surface area (Å²) in [6, 6.07) is 22.0. The summed E-state index contributed by atoms with van der Waals surface area (Å²) >= 11 is 0. The van der Waals surface area contributed by atoms with E-state index in [-0.39, 0.29) is 11.9 Å². The van der Waals surface area contributed by atoms with Crippen LogP contribution >= 0.6 is 0 Å². The fourth-order valence-corrected chi connectivity index (χ4v) is 6.04. The first-order valence-electron chi connectivity index (χ1n) is 15.9. The SMILES string of the molecule is CCCCc1nc2ccc(NC(=O)CC3CCCCC3)cc2n1Cc1ccc(-c2ccccc2C(=O)OC(C)(C)C)cc1. The second kappa shape index (κ2) is 13.6. The Kier molecular flexibility index (Phi) is 9.64. The van der Waals surface area contributed by atoms with E-state index in [1.807, 2.05) is 57.2 Å². The van der Waals surface area contributed by atoms with Gasteiger partial charge in [0.1, 0.15) is 11.4 Å². The van der Waals surface area contributed by atoms with E-state index in [4.69, 9.17) is 9.72 Å². The number of rotatable bonds is 10. The molecule has 226 valence electrons. The Labute approximate surface area is 255 Å². The van der Waals surface area contributed by atoms with Crippen LogP contribution in [0.2, 0.25) is 0 Å². The molecule has 1 aliphatic rings. The molecule has 0 aliphatic heterocycles. The number of carbonyl (C=O) groups excluding carboxylic acids is 2. The van der Waals surface area contributed by atoms with Crippen molar-refractivity contribution in [2.75, 3.05) is 5.32 Å².